The van der Waals surface area contributed by atoms with Crippen LogP contribution in [0.25, 0.3) is 88.0 Å². The Kier molecular flexibility index (Phi) is 8.45. The highest BCUT2D eigenvalue weighted by Gasteiger charge is 2.16. The second kappa shape index (κ2) is 14.5. The minimum atomic E-state index is 0.882. The van der Waals surface area contributed by atoms with E-state index in [0.29, 0.717) is 0 Å². The molecule has 0 saturated heterocycles. The third-order valence-electron chi connectivity index (χ3n) is 11.4. The first kappa shape index (κ1) is 34.3. The number of benzene rings is 8. The van der Waals surface area contributed by atoms with Crippen molar-refractivity contribution >= 4 is 60.3 Å². The molecule has 0 unspecified atom stereocenters. The van der Waals surface area contributed by atoms with Gasteiger partial charge in [0.2, 0.25) is 0 Å². The molecule has 0 N–H and O–H groups in total. The van der Waals surface area contributed by atoms with E-state index in [1.54, 1.807) is 0 Å². The van der Waals surface area contributed by atoms with Gasteiger partial charge in [0.1, 0.15) is 0 Å². The zero-order valence-corrected chi connectivity index (χ0v) is 32.1. The molecule has 276 valence electrons. The Bertz CT molecular complexity index is 3300. The van der Waals surface area contributed by atoms with E-state index in [1.165, 1.54) is 38.1 Å². The highest BCUT2D eigenvalue weighted by molar-refractivity contribution is 6.08. The molecule has 11 aromatic rings. The molecule has 3 heterocycles. The van der Waals surface area contributed by atoms with E-state index >= 15 is 0 Å². The minimum Gasteiger partial charge on any atom is -0.311 e. The Morgan fingerprint density at radius 2 is 0.915 bits per heavy atom. The Morgan fingerprint density at radius 1 is 0.339 bits per heavy atom. The van der Waals surface area contributed by atoms with Crippen LogP contribution in [0.5, 0.6) is 0 Å². The van der Waals surface area contributed by atoms with Crippen LogP contribution in [-0.2, 0) is 0 Å². The van der Waals surface area contributed by atoms with Crippen LogP contribution in [0.15, 0.2) is 219 Å². The van der Waals surface area contributed by atoms with Gasteiger partial charge in [-0.2, -0.15) is 0 Å². The number of pyridine rings is 3. The van der Waals surface area contributed by atoms with E-state index in [0.717, 1.165) is 67.0 Å². The lowest BCUT2D eigenvalue weighted by molar-refractivity contribution is 1.28. The van der Waals surface area contributed by atoms with Gasteiger partial charge in [0, 0.05) is 57.6 Å². The molecule has 11 rings (SSSR count). The summed E-state index contributed by atoms with van der Waals surface area (Å²) in [5.74, 6) is 0. The van der Waals surface area contributed by atoms with Gasteiger partial charge in [0.15, 0.2) is 0 Å². The molecule has 0 aliphatic carbocycles. The molecule has 0 spiro atoms. The van der Waals surface area contributed by atoms with Crippen LogP contribution in [0, 0.1) is 0 Å². The van der Waals surface area contributed by atoms with Crippen molar-refractivity contribution in [1.82, 2.24) is 15.0 Å². The summed E-state index contributed by atoms with van der Waals surface area (Å²) in [4.78, 5) is 16.6. The summed E-state index contributed by atoms with van der Waals surface area (Å²) in [6.45, 7) is 0. The molecule has 4 heteroatoms. The van der Waals surface area contributed by atoms with E-state index in [9.17, 15) is 0 Å². The van der Waals surface area contributed by atoms with E-state index in [-0.39, 0.29) is 0 Å². The van der Waals surface area contributed by atoms with Crippen LogP contribution in [0.3, 0.4) is 0 Å². The summed E-state index contributed by atoms with van der Waals surface area (Å²) < 4.78 is 0. The summed E-state index contributed by atoms with van der Waals surface area (Å²) in [5.41, 5.74) is 12.6. The van der Waals surface area contributed by atoms with Crippen molar-refractivity contribution in [2.45, 2.75) is 0 Å². The van der Waals surface area contributed by atoms with Gasteiger partial charge < -0.3 is 4.90 Å². The third kappa shape index (κ3) is 6.43. The number of hydrogen-bond acceptors (Lipinski definition) is 4. The highest BCUT2D eigenvalue weighted by Crippen LogP contribution is 2.39. The van der Waals surface area contributed by atoms with Crippen molar-refractivity contribution in [3.8, 4) is 44.8 Å². The lowest BCUT2D eigenvalue weighted by atomic mass is 9.97. The van der Waals surface area contributed by atoms with Crippen molar-refractivity contribution in [3.05, 3.63) is 219 Å². The molecule has 0 saturated carbocycles. The monoisotopic (exact) mass is 752 g/mol. The molecule has 0 aliphatic rings. The first-order valence-electron chi connectivity index (χ1n) is 19.9. The van der Waals surface area contributed by atoms with Crippen molar-refractivity contribution in [3.63, 3.8) is 0 Å². The quantitative estimate of drug-likeness (QED) is 0.152. The highest BCUT2D eigenvalue weighted by atomic mass is 15.1. The summed E-state index contributed by atoms with van der Waals surface area (Å²) in [7, 11) is 0. The number of nitrogens with zero attached hydrogens (tertiary/aromatic N) is 4. The number of fused-ring (bicyclic) bond motifs is 5. The molecule has 3 aromatic heterocycles. The molecule has 0 bridgehead atoms. The molecule has 59 heavy (non-hydrogen) atoms. The van der Waals surface area contributed by atoms with Gasteiger partial charge in [-0.05, 0) is 116 Å². The third-order valence-corrected chi connectivity index (χ3v) is 11.4. The van der Waals surface area contributed by atoms with Crippen molar-refractivity contribution in [2.24, 2.45) is 0 Å². The summed E-state index contributed by atoms with van der Waals surface area (Å²) in [6.07, 6.45) is 5.60. The molecule has 0 atom stereocenters. The Morgan fingerprint density at radius 3 is 1.66 bits per heavy atom. The van der Waals surface area contributed by atoms with Crippen molar-refractivity contribution < 1.29 is 0 Å². The Labute approximate surface area is 342 Å². The van der Waals surface area contributed by atoms with Crippen molar-refractivity contribution in [2.75, 3.05) is 4.90 Å². The maximum absolute atomic E-state index is 5.18. The SMILES string of the molecule is c1ccc(-c2nc(-c3ccc(N(c4ccc(-c5ccc6ccncc6c5)cc4)c4ccc(-c5ccc6c(ccc7ccccc76)c5)cc4)cc3)cc3cccnc23)cc1. The molecule has 0 radical (unpaired) electrons. The smallest absolute Gasteiger partial charge is 0.0972 e. The zero-order chi connectivity index (χ0) is 39.1. The van der Waals surface area contributed by atoms with Crippen LogP contribution in [0.4, 0.5) is 17.1 Å². The average Bonchev–Trinajstić information content (AvgIpc) is 3.32. The van der Waals surface area contributed by atoms with Gasteiger partial charge in [-0.25, -0.2) is 4.98 Å². The summed E-state index contributed by atoms with van der Waals surface area (Å²) in [6, 6.07) is 71.4. The van der Waals surface area contributed by atoms with E-state index < -0.39 is 0 Å². The topological polar surface area (TPSA) is 41.9 Å². The molecular formula is C55H36N4. The Hall–Kier alpha value is -7.95. The second-order valence-electron chi connectivity index (χ2n) is 14.9. The molecule has 4 nitrogen and oxygen atoms in total. The maximum Gasteiger partial charge on any atom is 0.0972 e. The van der Waals surface area contributed by atoms with E-state index in [1.807, 2.05) is 48.9 Å². The van der Waals surface area contributed by atoms with Gasteiger partial charge in [-0.15, -0.1) is 0 Å². The van der Waals surface area contributed by atoms with Crippen LogP contribution in [0.1, 0.15) is 0 Å². The zero-order valence-electron chi connectivity index (χ0n) is 32.1. The number of rotatable bonds is 7. The number of hydrogen-bond donors (Lipinski definition) is 0. The minimum absolute atomic E-state index is 0.882. The first-order chi connectivity index (χ1) is 29.2. The maximum atomic E-state index is 5.18. The van der Waals surface area contributed by atoms with Gasteiger partial charge in [-0.1, -0.05) is 133 Å². The van der Waals surface area contributed by atoms with Gasteiger partial charge in [-0.3, -0.25) is 9.97 Å². The standard InChI is InChI=1S/C55H36N4/c1-2-8-42(9-3-1)55-54-46(10-6-31-57-54)35-53(58-55)41-20-27-50(28-21-41)59(48-23-16-37(17-24-48)43-14-12-39-30-32-56-36-47(39)34-43)49-25-18-38(19-26-49)44-22-29-52-45(33-44)15-13-40-7-4-5-11-51(40)52/h1-36H. The van der Waals surface area contributed by atoms with Gasteiger partial charge >= 0.3 is 0 Å². The molecule has 8 aromatic carbocycles. The fraction of sp³-hybridized carbons (Fsp3) is 0. The fourth-order valence-corrected chi connectivity index (χ4v) is 8.32. The molecule has 0 amide bonds. The van der Waals surface area contributed by atoms with Gasteiger partial charge in [0.05, 0.1) is 16.9 Å². The van der Waals surface area contributed by atoms with Crippen LogP contribution in [-0.4, -0.2) is 15.0 Å². The normalized spacial score (nSPS) is 11.4. The van der Waals surface area contributed by atoms with Crippen LogP contribution in [0.2, 0.25) is 0 Å². The number of aromatic nitrogens is 3. The second-order valence-corrected chi connectivity index (χ2v) is 14.9. The van der Waals surface area contributed by atoms with E-state index in [2.05, 4.69) is 180 Å². The summed E-state index contributed by atoms with van der Waals surface area (Å²) in [5, 5.41) is 8.42. The lowest BCUT2D eigenvalue weighted by Gasteiger charge is -2.26. The van der Waals surface area contributed by atoms with E-state index in [4.69, 9.17) is 9.97 Å². The van der Waals surface area contributed by atoms with Crippen molar-refractivity contribution in [1.29, 1.82) is 0 Å². The predicted octanol–water partition coefficient (Wildman–Crippen LogP) is 14.6. The fourth-order valence-electron chi connectivity index (χ4n) is 8.32. The molecule has 0 aliphatic heterocycles. The van der Waals surface area contributed by atoms with Crippen LogP contribution < -0.4 is 4.90 Å². The largest absolute Gasteiger partial charge is 0.311 e. The first-order valence-corrected chi connectivity index (χ1v) is 19.9. The molecule has 0 fully saturated rings. The molecular weight excluding hydrogens is 717 g/mol. The lowest BCUT2D eigenvalue weighted by Crippen LogP contribution is -2.09. The Balaban J connectivity index is 0.973. The summed E-state index contributed by atoms with van der Waals surface area (Å²) >= 11 is 0. The predicted molar refractivity (Wildman–Crippen MR) is 246 cm³/mol. The number of anilines is 3. The van der Waals surface area contributed by atoms with Gasteiger partial charge in [0.25, 0.3) is 0 Å². The average molecular weight is 753 g/mol. The van der Waals surface area contributed by atoms with Crippen LogP contribution >= 0.6 is 0 Å².